The average molecular weight is 258 g/mol. The van der Waals surface area contributed by atoms with Crippen molar-refractivity contribution in [2.75, 3.05) is 19.6 Å². The van der Waals surface area contributed by atoms with Crippen molar-refractivity contribution in [1.82, 2.24) is 10.2 Å². The molecule has 0 fully saturated rings. The predicted octanol–water partition coefficient (Wildman–Crippen LogP) is 1.48. The van der Waals surface area contributed by atoms with Gasteiger partial charge in [0, 0.05) is 12.5 Å². The molecule has 0 bridgehead atoms. The summed E-state index contributed by atoms with van der Waals surface area (Å²) in [6.07, 6.45) is 1.94. The molecule has 0 spiro atoms. The number of carbonyl (C=O) groups excluding carboxylic acids is 1. The molecule has 0 rings (SSSR count). The first-order valence-corrected chi connectivity index (χ1v) is 6.73. The first-order chi connectivity index (χ1) is 8.49. The molecular formula is C13H26N2O3. The SMILES string of the molecule is CCN(CC)CCCC(C)NC(=O)CCC(=O)O. The number of rotatable bonds is 10. The quantitative estimate of drug-likeness (QED) is 0.622. The molecule has 2 N–H and O–H groups in total. The fourth-order valence-corrected chi connectivity index (χ4v) is 1.80. The van der Waals surface area contributed by atoms with Gasteiger partial charge in [0.05, 0.1) is 6.42 Å². The predicted molar refractivity (Wildman–Crippen MR) is 71.5 cm³/mol. The van der Waals surface area contributed by atoms with E-state index in [1.54, 1.807) is 0 Å². The van der Waals surface area contributed by atoms with E-state index in [9.17, 15) is 9.59 Å². The van der Waals surface area contributed by atoms with E-state index < -0.39 is 5.97 Å². The van der Waals surface area contributed by atoms with Crippen LogP contribution in [0.3, 0.4) is 0 Å². The Balaban J connectivity index is 3.66. The molecule has 0 aromatic rings. The molecule has 106 valence electrons. The van der Waals surface area contributed by atoms with Crippen LogP contribution in [0, 0.1) is 0 Å². The van der Waals surface area contributed by atoms with Gasteiger partial charge in [-0.25, -0.2) is 0 Å². The molecule has 1 amide bonds. The van der Waals surface area contributed by atoms with Crippen molar-refractivity contribution in [2.24, 2.45) is 0 Å². The summed E-state index contributed by atoms with van der Waals surface area (Å²) in [5.41, 5.74) is 0. The Morgan fingerprint density at radius 1 is 1.22 bits per heavy atom. The lowest BCUT2D eigenvalue weighted by Crippen LogP contribution is -2.33. The van der Waals surface area contributed by atoms with Gasteiger partial charge in [-0.15, -0.1) is 0 Å². The molecule has 0 saturated heterocycles. The molecule has 5 heteroatoms. The Kier molecular flexibility index (Phi) is 9.28. The molecule has 0 saturated carbocycles. The van der Waals surface area contributed by atoms with Crippen molar-refractivity contribution in [3.05, 3.63) is 0 Å². The van der Waals surface area contributed by atoms with Crippen LogP contribution in [0.1, 0.15) is 46.5 Å². The summed E-state index contributed by atoms with van der Waals surface area (Å²) in [6.45, 7) is 9.39. The van der Waals surface area contributed by atoms with Crippen LogP contribution in [0.15, 0.2) is 0 Å². The normalized spacial score (nSPS) is 12.4. The lowest BCUT2D eigenvalue weighted by molar-refractivity contribution is -0.138. The highest BCUT2D eigenvalue weighted by molar-refractivity contribution is 5.80. The minimum absolute atomic E-state index is 0.0652. The molecule has 0 aliphatic rings. The van der Waals surface area contributed by atoms with Gasteiger partial charge < -0.3 is 15.3 Å². The van der Waals surface area contributed by atoms with Crippen LogP contribution in [0.4, 0.5) is 0 Å². The zero-order valence-corrected chi connectivity index (χ0v) is 11.7. The van der Waals surface area contributed by atoms with Gasteiger partial charge in [0.15, 0.2) is 0 Å². The molecule has 0 aromatic heterocycles. The maximum absolute atomic E-state index is 11.4. The average Bonchev–Trinajstić information content (AvgIpc) is 2.32. The number of hydrogen-bond donors (Lipinski definition) is 2. The van der Waals surface area contributed by atoms with E-state index in [0.717, 1.165) is 32.5 Å². The Labute approximate surface area is 110 Å². The minimum atomic E-state index is -0.931. The van der Waals surface area contributed by atoms with Crippen molar-refractivity contribution in [1.29, 1.82) is 0 Å². The third-order valence-electron chi connectivity index (χ3n) is 2.98. The fraction of sp³-hybridized carbons (Fsp3) is 0.846. The fourth-order valence-electron chi connectivity index (χ4n) is 1.80. The third kappa shape index (κ3) is 8.98. The standard InChI is InChI=1S/C13H26N2O3/c1-4-15(5-2)10-6-7-11(3)14-12(16)8-9-13(17)18/h11H,4-10H2,1-3H3,(H,14,16)(H,17,18). The van der Waals surface area contributed by atoms with Crippen LogP contribution in [-0.2, 0) is 9.59 Å². The number of carboxylic acids is 1. The van der Waals surface area contributed by atoms with Gasteiger partial charge in [-0.1, -0.05) is 13.8 Å². The molecule has 0 heterocycles. The number of carbonyl (C=O) groups is 2. The zero-order valence-electron chi connectivity index (χ0n) is 11.7. The second-order valence-electron chi connectivity index (χ2n) is 4.53. The Hall–Kier alpha value is -1.10. The van der Waals surface area contributed by atoms with Gasteiger partial charge in [-0.2, -0.15) is 0 Å². The molecule has 18 heavy (non-hydrogen) atoms. The van der Waals surface area contributed by atoms with Crippen molar-refractivity contribution in [3.63, 3.8) is 0 Å². The Morgan fingerprint density at radius 3 is 2.33 bits per heavy atom. The van der Waals surface area contributed by atoms with Crippen molar-refractivity contribution >= 4 is 11.9 Å². The molecule has 0 aromatic carbocycles. The van der Waals surface area contributed by atoms with Crippen LogP contribution >= 0.6 is 0 Å². The van der Waals surface area contributed by atoms with Crippen LogP contribution in [-0.4, -0.2) is 47.6 Å². The molecule has 5 nitrogen and oxygen atoms in total. The Morgan fingerprint density at radius 2 is 1.83 bits per heavy atom. The zero-order chi connectivity index (χ0) is 14.0. The summed E-state index contributed by atoms with van der Waals surface area (Å²) < 4.78 is 0. The number of aliphatic carboxylic acids is 1. The summed E-state index contributed by atoms with van der Waals surface area (Å²) in [4.78, 5) is 24.0. The first kappa shape index (κ1) is 16.9. The Bertz CT molecular complexity index is 253. The maximum Gasteiger partial charge on any atom is 0.303 e. The molecule has 0 aliphatic heterocycles. The van der Waals surface area contributed by atoms with Crippen LogP contribution < -0.4 is 5.32 Å². The highest BCUT2D eigenvalue weighted by atomic mass is 16.4. The molecule has 0 aliphatic carbocycles. The lowest BCUT2D eigenvalue weighted by Gasteiger charge is -2.19. The number of hydrogen-bond acceptors (Lipinski definition) is 3. The van der Waals surface area contributed by atoms with Crippen molar-refractivity contribution in [3.8, 4) is 0 Å². The van der Waals surface area contributed by atoms with E-state index in [0.29, 0.717) is 0 Å². The molecule has 1 atom stereocenters. The van der Waals surface area contributed by atoms with Crippen LogP contribution in [0.25, 0.3) is 0 Å². The van der Waals surface area contributed by atoms with E-state index in [-0.39, 0.29) is 24.8 Å². The highest BCUT2D eigenvalue weighted by Gasteiger charge is 2.09. The third-order valence-corrected chi connectivity index (χ3v) is 2.98. The topological polar surface area (TPSA) is 69.6 Å². The van der Waals surface area contributed by atoms with E-state index in [1.807, 2.05) is 6.92 Å². The van der Waals surface area contributed by atoms with E-state index in [2.05, 4.69) is 24.1 Å². The van der Waals surface area contributed by atoms with Crippen molar-refractivity contribution < 1.29 is 14.7 Å². The largest absolute Gasteiger partial charge is 0.481 e. The highest BCUT2D eigenvalue weighted by Crippen LogP contribution is 2.00. The monoisotopic (exact) mass is 258 g/mol. The lowest BCUT2D eigenvalue weighted by atomic mass is 10.1. The number of carboxylic acid groups (broad SMARTS) is 1. The van der Waals surface area contributed by atoms with Gasteiger partial charge in [0.1, 0.15) is 0 Å². The second kappa shape index (κ2) is 9.88. The summed E-state index contributed by atoms with van der Waals surface area (Å²) in [5, 5.41) is 11.3. The first-order valence-electron chi connectivity index (χ1n) is 6.73. The summed E-state index contributed by atoms with van der Waals surface area (Å²) in [7, 11) is 0. The minimum Gasteiger partial charge on any atom is -0.481 e. The van der Waals surface area contributed by atoms with Gasteiger partial charge in [-0.05, 0) is 39.4 Å². The molecule has 1 unspecified atom stereocenters. The van der Waals surface area contributed by atoms with Gasteiger partial charge in [-0.3, -0.25) is 9.59 Å². The summed E-state index contributed by atoms with van der Waals surface area (Å²) >= 11 is 0. The number of nitrogens with one attached hydrogen (secondary N) is 1. The summed E-state index contributed by atoms with van der Waals surface area (Å²) in [5.74, 6) is -1.10. The second-order valence-corrected chi connectivity index (χ2v) is 4.53. The maximum atomic E-state index is 11.4. The summed E-state index contributed by atoms with van der Waals surface area (Å²) in [6, 6.07) is 0.113. The number of amides is 1. The van der Waals surface area contributed by atoms with Gasteiger partial charge in [0.2, 0.25) is 5.91 Å². The van der Waals surface area contributed by atoms with E-state index in [1.165, 1.54) is 0 Å². The van der Waals surface area contributed by atoms with Crippen LogP contribution in [0.5, 0.6) is 0 Å². The van der Waals surface area contributed by atoms with E-state index >= 15 is 0 Å². The van der Waals surface area contributed by atoms with Crippen LogP contribution in [0.2, 0.25) is 0 Å². The molecular weight excluding hydrogens is 232 g/mol. The van der Waals surface area contributed by atoms with E-state index in [4.69, 9.17) is 5.11 Å². The molecule has 0 radical (unpaired) electrons. The van der Waals surface area contributed by atoms with Gasteiger partial charge >= 0.3 is 5.97 Å². The van der Waals surface area contributed by atoms with Gasteiger partial charge in [0.25, 0.3) is 0 Å². The smallest absolute Gasteiger partial charge is 0.303 e. The van der Waals surface area contributed by atoms with Crippen molar-refractivity contribution in [2.45, 2.75) is 52.5 Å². The number of nitrogens with zero attached hydrogens (tertiary/aromatic N) is 1.